The molecule has 0 bridgehead atoms. The number of nitrogens with zero attached hydrogens (tertiary/aromatic N) is 1. The van der Waals surface area contributed by atoms with Crippen molar-refractivity contribution < 1.29 is 38.0 Å². The van der Waals surface area contributed by atoms with Gasteiger partial charge in [0.05, 0.1) is 22.3 Å². The van der Waals surface area contributed by atoms with E-state index in [0.717, 1.165) is 49.0 Å². The number of fused-ring (bicyclic) bond motifs is 2. The van der Waals surface area contributed by atoms with E-state index >= 15 is 0 Å². The highest BCUT2D eigenvalue weighted by Crippen LogP contribution is 2.35. The van der Waals surface area contributed by atoms with Gasteiger partial charge in [-0.2, -0.15) is 0 Å². The second-order valence-corrected chi connectivity index (χ2v) is 15.2. The first-order chi connectivity index (χ1) is 28.9. The van der Waals surface area contributed by atoms with Crippen LogP contribution in [0, 0.1) is 19.7 Å². The highest BCUT2D eigenvalue weighted by Gasteiger charge is 2.45. The Balaban J connectivity index is 0.781. The summed E-state index contributed by atoms with van der Waals surface area (Å²) in [6.07, 6.45) is 7.33. The van der Waals surface area contributed by atoms with Crippen LogP contribution >= 0.6 is 0 Å². The van der Waals surface area contributed by atoms with E-state index in [9.17, 15) is 38.0 Å². The summed E-state index contributed by atoms with van der Waals surface area (Å²) in [7, 11) is 0. The largest absolute Gasteiger partial charge is 0.380 e. The Morgan fingerprint density at radius 3 is 2.23 bits per heavy atom. The minimum absolute atomic E-state index is 0.0440. The molecule has 7 rings (SSSR count). The van der Waals surface area contributed by atoms with Crippen molar-refractivity contribution in [2.24, 2.45) is 0 Å². The molecule has 1 unspecified atom stereocenters. The lowest BCUT2D eigenvalue weighted by molar-refractivity contribution is -0.136. The van der Waals surface area contributed by atoms with Gasteiger partial charge in [0, 0.05) is 59.9 Å². The number of hydrogen-bond donors (Lipinski definition) is 6. The predicted octanol–water partition coefficient (Wildman–Crippen LogP) is 5.78. The van der Waals surface area contributed by atoms with E-state index in [1.807, 2.05) is 26.0 Å². The number of benzene rings is 3. The Morgan fingerprint density at radius 1 is 0.817 bits per heavy atom. The molecule has 1 fully saturated rings. The molecule has 15 heteroatoms. The van der Waals surface area contributed by atoms with Crippen molar-refractivity contribution in [3.8, 4) is 0 Å². The number of H-pyrrole nitrogens is 1. The molecule has 0 aliphatic carbocycles. The van der Waals surface area contributed by atoms with Crippen LogP contribution in [-0.4, -0.2) is 70.4 Å². The third-order valence-electron chi connectivity index (χ3n) is 11.1. The number of aromatic nitrogens is 1. The number of aromatic amines is 1. The SMILES string of the molecule is Cc1[nH]c(C=C2C(=O)Nc3ccc(F)cc32)c(C)c1C(=O)NCCCCCCCCNC(=O)c1ccc(CNc2cccc3c2C(=O)N(C2CCC(=O)NC2=O)C3=O)cc1. The van der Waals surface area contributed by atoms with E-state index in [1.54, 1.807) is 36.4 Å². The molecule has 6 N–H and O–H groups in total. The molecule has 0 spiro atoms. The van der Waals surface area contributed by atoms with Crippen molar-refractivity contribution in [2.45, 2.75) is 77.8 Å². The molecule has 7 amide bonds. The molecule has 1 aromatic heterocycles. The van der Waals surface area contributed by atoms with Gasteiger partial charge in [0.25, 0.3) is 29.5 Å². The summed E-state index contributed by atoms with van der Waals surface area (Å²) in [4.78, 5) is 93.0. The topological polar surface area (TPSA) is 199 Å². The quantitative estimate of drug-likeness (QED) is 0.0465. The number of rotatable bonds is 16. The van der Waals surface area contributed by atoms with Crippen LogP contribution in [-0.2, 0) is 20.9 Å². The van der Waals surface area contributed by atoms with Crippen molar-refractivity contribution in [1.82, 2.24) is 25.8 Å². The minimum atomic E-state index is -1.04. The summed E-state index contributed by atoms with van der Waals surface area (Å²) in [5, 5.41) is 14.1. The van der Waals surface area contributed by atoms with Crippen LogP contribution in [0.5, 0.6) is 0 Å². The lowest BCUT2D eigenvalue weighted by atomic mass is 10.0. The Morgan fingerprint density at radius 2 is 1.52 bits per heavy atom. The van der Waals surface area contributed by atoms with Gasteiger partial charge in [-0.1, -0.05) is 43.9 Å². The van der Waals surface area contributed by atoms with E-state index in [1.165, 1.54) is 18.2 Å². The first-order valence-electron chi connectivity index (χ1n) is 20.2. The summed E-state index contributed by atoms with van der Waals surface area (Å²) >= 11 is 0. The maximum atomic E-state index is 13.9. The summed E-state index contributed by atoms with van der Waals surface area (Å²) < 4.78 is 13.9. The molecule has 1 saturated heterocycles. The highest BCUT2D eigenvalue weighted by molar-refractivity contribution is 6.35. The van der Waals surface area contributed by atoms with E-state index < -0.39 is 35.5 Å². The Labute approximate surface area is 345 Å². The van der Waals surface area contributed by atoms with Crippen molar-refractivity contribution in [2.75, 3.05) is 23.7 Å². The van der Waals surface area contributed by atoms with Crippen molar-refractivity contribution >= 4 is 64.4 Å². The standard InChI is InChI=1S/C45H46FN7O7/c1-25-35(23-32-31-22-29(46)16-17-33(31)51-41(32)56)50-26(2)38(25)43(58)48-21-8-6-4-3-5-7-20-47-40(55)28-14-12-27(13-15-28)24-49-34-11-9-10-30-39(34)45(60)53(44(30)59)36-18-19-37(54)52-42(36)57/h9-17,22-23,36,49-50H,3-8,18-21,24H2,1-2H3,(H,47,55)(H,48,58)(H,51,56)(H,52,54,57). The normalized spacial score (nSPS) is 16.4. The van der Waals surface area contributed by atoms with Gasteiger partial charge in [-0.05, 0) is 92.8 Å². The van der Waals surface area contributed by atoms with Crippen LogP contribution in [0.4, 0.5) is 15.8 Å². The van der Waals surface area contributed by atoms with E-state index in [-0.39, 0.29) is 41.7 Å². The number of carbonyl (C=O) groups excluding carboxylic acids is 7. The zero-order valence-corrected chi connectivity index (χ0v) is 33.4. The molecular formula is C45H46FN7O7. The fraction of sp³-hybridized carbons (Fsp3) is 0.311. The van der Waals surface area contributed by atoms with Gasteiger partial charge in [-0.3, -0.25) is 43.8 Å². The lowest BCUT2D eigenvalue weighted by Gasteiger charge is -2.27. The number of nitrogens with one attached hydrogen (secondary N) is 6. The summed E-state index contributed by atoms with van der Waals surface area (Å²) in [5.41, 5.74) is 6.09. The molecule has 60 heavy (non-hydrogen) atoms. The van der Waals surface area contributed by atoms with Gasteiger partial charge in [0.15, 0.2) is 0 Å². The Bertz CT molecular complexity index is 2440. The van der Waals surface area contributed by atoms with Crippen LogP contribution in [0.2, 0.25) is 0 Å². The number of unbranched alkanes of at least 4 members (excludes halogenated alkanes) is 5. The zero-order chi connectivity index (χ0) is 42.5. The van der Waals surface area contributed by atoms with Crippen LogP contribution in [0.1, 0.15) is 121 Å². The molecular weight excluding hydrogens is 770 g/mol. The van der Waals surface area contributed by atoms with Gasteiger partial charge >= 0.3 is 0 Å². The Hall–Kier alpha value is -6.90. The van der Waals surface area contributed by atoms with Crippen molar-refractivity contribution in [3.05, 3.63) is 117 Å². The monoisotopic (exact) mass is 815 g/mol. The number of imide groups is 2. The smallest absolute Gasteiger partial charge is 0.264 e. The van der Waals surface area contributed by atoms with Gasteiger partial charge in [0.1, 0.15) is 11.9 Å². The number of carbonyl (C=O) groups is 7. The second kappa shape index (κ2) is 17.9. The third-order valence-corrected chi connectivity index (χ3v) is 11.1. The molecule has 4 heterocycles. The van der Waals surface area contributed by atoms with E-state index in [0.29, 0.717) is 70.2 Å². The molecule has 4 aromatic rings. The maximum absolute atomic E-state index is 13.9. The lowest BCUT2D eigenvalue weighted by Crippen LogP contribution is -2.54. The maximum Gasteiger partial charge on any atom is 0.264 e. The second-order valence-electron chi connectivity index (χ2n) is 15.2. The fourth-order valence-electron chi connectivity index (χ4n) is 7.89. The number of anilines is 2. The molecule has 1 atom stereocenters. The van der Waals surface area contributed by atoms with E-state index in [4.69, 9.17) is 0 Å². The molecule has 3 aliphatic heterocycles. The zero-order valence-electron chi connectivity index (χ0n) is 33.4. The highest BCUT2D eigenvalue weighted by atomic mass is 19.1. The molecule has 0 radical (unpaired) electrons. The molecule has 310 valence electrons. The molecule has 14 nitrogen and oxygen atoms in total. The number of hydrogen-bond acceptors (Lipinski definition) is 8. The number of aryl methyl sites for hydroxylation is 1. The predicted molar refractivity (Wildman–Crippen MR) is 222 cm³/mol. The number of piperidine rings is 1. The molecule has 3 aromatic carbocycles. The third kappa shape index (κ3) is 8.75. The van der Waals surface area contributed by atoms with Crippen molar-refractivity contribution in [3.63, 3.8) is 0 Å². The number of amides is 7. The minimum Gasteiger partial charge on any atom is -0.380 e. The molecule has 0 saturated carbocycles. The fourth-order valence-corrected chi connectivity index (χ4v) is 7.89. The Kier molecular flexibility index (Phi) is 12.3. The average molecular weight is 816 g/mol. The van der Waals surface area contributed by atoms with Gasteiger partial charge in [-0.25, -0.2) is 4.39 Å². The summed E-state index contributed by atoms with van der Waals surface area (Å²) in [6, 6.07) is 15.1. The van der Waals surface area contributed by atoms with Crippen LogP contribution in [0.25, 0.3) is 11.6 Å². The summed E-state index contributed by atoms with van der Waals surface area (Å²) in [6.45, 7) is 5.02. The first kappa shape index (κ1) is 41.3. The van der Waals surface area contributed by atoms with Crippen molar-refractivity contribution in [1.29, 1.82) is 0 Å². The van der Waals surface area contributed by atoms with Crippen LogP contribution < -0.4 is 26.6 Å². The van der Waals surface area contributed by atoms with Gasteiger partial charge in [-0.15, -0.1) is 0 Å². The van der Waals surface area contributed by atoms with E-state index in [2.05, 4.69) is 31.6 Å². The number of halogens is 1. The van der Waals surface area contributed by atoms with Crippen LogP contribution in [0.3, 0.4) is 0 Å². The average Bonchev–Trinajstić information content (AvgIpc) is 3.79. The summed E-state index contributed by atoms with van der Waals surface area (Å²) in [5.74, 6) is -3.38. The van der Waals surface area contributed by atoms with Gasteiger partial charge in [0.2, 0.25) is 11.8 Å². The van der Waals surface area contributed by atoms with Gasteiger partial charge < -0.3 is 26.3 Å². The first-order valence-corrected chi connectivity index (χ1v) is 20.2. The van der Waals surface area contributed by atoms with Crippen LogP contribution in [0.15, 0.2) is 60.7 Å². The molecule has 3 aliphatic rings.